The van der Waals surface area contributed by atoms with Crippen LogP contribution in [0.2, 0.25) is 0 Å². The van der Waals surface area contributed by atoms with Crippen LogP contribution in [0, 0.1) is 11.3 Å². The molecule has 3 heterocycles. The van der Waals surface area contributed by atoms with Crippen molar-refractivity contribution in [2.45, 2.75) is 26.2 Å². The summed E-state index contributed by atoms with van der Waals surface area (Å²) in [6.45, 7) is 5.79. The smallest absolute Gasteiger partial charge is 0.253 e. The summed E-state index contributed by atoms with van der Waals surface area (Å²) in [6.07, 6.45) is 3.92. The van der Waals surface area contributed by atoms with E-state index in [9.17, 15) is 9.59 Å². The molecule has 6 nitrogen and oxygen atoms in total. The van der Waals surface area contributed by atoms with Crippen molar-refractivity contribution in [2.75, 3.05) is 39.4 Å². The molecule has 0 radical (unpaired) electrons. The van der Waals surface area contributed by atoms with Gasteiger partial charge in [0.25, 0.3) is 5.91 Å². The largest absolute Gasteiger partial charge is 0.464 e. The van der Waals surface area contributed by atoms with Gasteiger partial charge in [0.05, 0.1) is 19.5 Å². The minimum absolute atomic E-state index is 0.0480. The number of ether oxygens (including phenoxy) is 1. The van der Waals surface area contributed by atoms with E-state index < -0.39 is 5.41 Å². The lowest BCUT2D eigenvalue weighted by Gasteiger charge is -2.41. The number of hydrogen-bond donors (Lipinski definition) is 0. The van der Waals surface area contributed by atoms with Crippen molar-refractivity contribution in [3.8, 4) is 0 Å². The van der Waals surface area contributed by atoms with Crippen LogP contribution in [0.5, 0.6) is 0 Å². The lowest BCUT2D eigenvalue weighted by Crippen LogP contribution is -2.51. The van der Waals surface area contributed by atoms with E-state index in [2.05, 4.69) is 25.1 Å². The van der Waals surface area contributed by atoms with Crippen molar-refractivity contribution < 1.29 is 18.7 Å². The Bertz CT molecular complexity index is 1150. The Labute approximate surface area is 200 Å². The van der Waals surface area contributed by atoms with E-state index in [1.54, 1.807) is 6.26 Å². The molecule has 0 spiro atoms. The molecule has 2 amide bonds. The van der Waals surface area contributed by atoms with Crippen LogP contribution in [0.3, 0.4) is 0 Å². The molecule has 0 bridgehead atoms. The van der Waals surface area contributed by atoms with Crippen molar-refractivity contribution >= 4 is 22.8 Å². The maximum Gasteiger partial charge on any atom is 0.253 e. The molecule has 0 unspecified atom stereocenters. The van der Waals surface area contributed by atoms with Crippen molar-refractivity contribution in [2.24, 2.45) is 11.3 Å². The van der Waals surface area contributed by atoms with Gasteiger partial charge >= 0.3 is 0 Å². The summed E-state index contributed by atoms with van der Waals surface area (Å²) in [7, 11) is 0. The number of amides is 2. The number of rotatable bonds is 4. The lowest BCUT2D eigenvalue weighted by molar-refractivity contribution is -0.144. The van der Waals surface area contributed by atoms with Crippen LogP contribution in [0.4, 0.5) is 0 Å². The summed E-state index contributed by atoms with van der Waals surface area (Å²) >= 11 is 0. The normalized spacial score (nSPS) is 20.8. The maximum absolute atomic E-state index is 13.7. The molecule has 2 aliphatic rings. The highest BCUT2D eigenvalue weighted by Crippen LogP contribution is 2.34. The third kappa shape index (κ3) is 4.73. The van der Waals surface area contributed by atoms with Crippen LogP contribution < -0.4 is 0 Å². The zero-order valence-corrected chi connectivity index (χ0v) is 19.7. The van der Waals surface area contributed by atoms with Crippen molar-refractivity contribution in [1.29, 1.82) is 0 Å². The Morgan fingerprint density at radius 3 is 2.59 bits per heavy atom. The Morgan fingerprint density at radius 1 is 1.00 bits per heavy atom. The zero-order chi connectivity index (χ0) is 23.5. The first-order valence-electron chi connectivity index (χ1n) is 12.2. The van der Waals surface area contributed by atoms with Gasteiger partial charge in [0.15, 0.2) is 0 Å². The van der Waals surface area contributed by atoms with Gasteiger partial charge in [-0.1, -0.05) is 37.3 Å². The number of piperidine rings is 1. The Kier molecular flexibility index (Phi) is 6.42. The third-order valence-corrected chi connectivity index (χ3v) is 7.36. The number of hydrogen-bond acceptors (Lipinski definition) is 4. The molecule has 6 heteroatoms. The molecule has 1 atom stereocenters. The van der Waals surface area contributed by atoms with Crippen molar-refractivity contribution in [3.05, 3.63) is 72.0 Å². The maximum atomic E-state index is 13.7. The molecule has 3 aromatic rings. The predicted molar refractivity (Wildman–Crippen MR) is 130 cm³/mol. The fraction of sp³-hybridized carbons (Fsp3) is 0.429. The third-order valence-electron chi connectivity index (χ3n) is 7.36. The highest BCUT2D eigenvalue weighted by atomic mass is 16.5. The van der Waals surface area contributed by atoms with Gasteiger partial charge in [-0.3, -0.25) is 9.59 Å². The zero-order valence-electron chi connectivity index (χ0n) is 19.7. The first kappa shape index (κ1) is 22.7. The second-order valence-electron chi connectivity index (χ2n) is 9.91. The average Bonchev–Trinajstić information content (AvgIpc) is 3.21. The Morgan fingerprint density at radius 2 is 1.79 bits per heavy atom. The van der Waals surface area contributed by atoms with Gasteiger partial charge in [-0.25, -0.2) is 0 Å². The number of benzene rings is 2. The summed E-state index contributed by atoms with van der Waals surface area (Å²) in [4.78, 5) is 30.4. The van der Waals surface area contributed by atoms with Crippen LogP contribution in [0.1, 0.15) is 35.7 Å². The van der Waals surface area contributed by atoms with E-state index in [-0.39, 0.29) is 17.7 Å². The molecule has 2 aliphatic heterocycles. The monoisotopic (exact) mass is 460 g/mol. The lowest BCUT2D eigenvalue weighted by atomic mass is 9.78. The van der Waals surface area contributed by atoms with Gasteiger partial charge < -0.3 is 19.0 Å². The van der Waals surface area contributed by atoms with Crippen LogP contribution in [-0.2, 0) is 16.0 Å². The molecule has 2 aromatic carbocycles. The van der Waals surface area contributed by atoms with Crippen LogP contribution in [0.25, 0.3) is 11.0 Å². The van der Waals surface area contributed by atoms with Crippen LogP contribution in [-0.4, -0.2) is 61.0 Å². The van der Waals surface area contributed by atoms with Gasteiger partial charge in [-0.2, -0.15) is 0 Å². The Balaban J connectivity index is 1.22. The molecular formula is C28H32N2O4. The van der Waals surface area contributed by atoms with E-state index in [1.807, 2.05) is 46.2 Å². The minimum Gasteiger partial charge on any atom is -0.464 e. The first-order valence-corrected chi connectivity index (χ1v) is 12.2. The van der Waals surface area contributed by atoms with E-state index in [0.717, 1.165) is 17.4 Å². The van der Waals surface area contributed by atoms with Gasteiger partial charge in [0, 0.05) is 48.5 Å². The number of nitrogens with zero attached hydrogens (tertiary/aromatic N) is 2. The molecule has 0 aliphatic carbocycles. The number of carbonyl (C=O) groups is 2. The highest BCUT2D eigenvalue weighted by Gasteiger charge is 2.41. The molecule has 178 valence electrons. The molecule has 1 aromatic heterocycles. The van der Waals surface area contributed by atoms with E-state index in [0.29, 0.717) is 57.8 Å². The first-order chi connectivity index (χ1) is 16.5. The molecule has 0 N–H and O–H groups in total. The quantitative estimate of drug-likeness (QED) is 0.579. The Hall–Kier alpha value is -3.12. The van der Waals surface area contributed by atoms with Gasteiger partial charge in [-0.15, -0.1) is 0 Å². The highest BCUT2D eigenvalue weighted by molar-refractivity contribution is 5.94. The van der Waals surface area contributed by atoms with E-state index in [1.165, 1.54) is 5.56 Å². The molecule has 5 rings (SSSR count). The fourth-order valence-corrected chi connectivity index (χ4v) is 5.21. The number of furan rings is 1. The van der Waals surface area contributed by atoms with Crippen LogP contribution >= 0.6 is 0 Å². The van der Waals surface area contributed by atoms with E-state index in [4.69, 9.17) is 9.15 Å². The standard InChI is InChI=1S/C28H32N2O4/c1-28(10-12-29(13-11-28)26(31)24-5-3-2-4-6-24)27(32)30-14-16-33-20-22(19-30)17-21-7-8-23-9-15-34-25(23)18-21/h2-9,15,18,22H,10-14,16-17,19-20H2,1H3/t22-/m0/s1. The van der Waals surface area contributed by atoms with Gasteiger partial charge in [0.2, 0.25) is 5.91 Å². The van der Waals surface area contributed by atoms with Gasteiger partial charge in [0.1, 0.15) is 5.58 Å². The number of carbonyl (C=O) groups excluding carboxylic acids is 2. The fourth-order valence-electron chi connectivity index (χ4n) is 5.21. The van der Waals surface area contributed by atoms with E-state index >= 15 is 0 Å². The molecule has 34 heavy (non-hydrogen) atoms. The minimum atomic E-state index is -0.449. The number of likely N-dealkylation sites (tertiary alicyclic amines) is 1. The predicted octanol–water partition coefficient (Wildman–Crippen LogP) is 4.39. The average molecular weight is 461 g/mol. The molecule has 2 saturated heterocycles. The molecule has 2 fully saturated rings. The summed E-state index contributed by atoms with van der Waals surface area (Å²) in [5.74, 6) is 0.477. The summed E-state index contributed by atoms with van der Waals surface area (Å²) < 4.78 is 11.4. The SMILES string of the molecule is CC1(C(=O)N2CCOC[C@@H](Cc3ccc4ccoc4c3)C2)CCN(C(=O)c2ccccc2)CC1. The molecular weight excluding hydrogens is 428 g/mol. The summed E-state index contributed by atoms with van der Waals surface area (Å²) in [6, 6.07) is 17.7. The van der Waals surface area contributed by atoms with Gasteiger partial charge in [-0.05, 0) is 49.1 Å². The summed E-state index contributed by atoms with van der Waals surface area (Å²) in [5, 5.41) is 1.10. The van der Waals surface area contributed by atoms with Crippen LogP contribution in [0.15, 0.2) is 65.3 Å². The van der Waals surface area contributed by atoms with Crippen molar-refractivity contribution in [3.63, 3.8) is 0 Å². The topological polar surface area (TPSA) is 63.0 Å². The summed E-state index contributed by atoms with van der Waals surface area (Å²) in [5.41, 5.74) is 2.35. The second kappa shape index (κ2) is 9.63. The second-order valence-corrected chi connectivity index (χ2v) is 9.91. The molecule has 0 saturated carbocycles. The number of fused-ring (bicyclic) bond motifs is 1. The van der Waals surface area contributed by atoms with Crippen molar-refractivity contribution in [1.82, 2.24) is 9.80 Å².